The third kappa shape index (κ3) is 5.23. The number of rotatable bonds is 9. The van der Waals surface area contributed by atoms with E-state index in [-0.39, 0.29) is 10.6 Å². The van der Waals surface area contributed by atoms with Gasteiger partial charge in [0.05, 0.1) is 11.3 Å². The Morgan fingerprint density at radius 3 is 2.82 bits per heavy atom. The monoisotopic (exact) mass is 410 g/mol. The first-order valence-corrected chi connectivity index (χ1v) is 11.0. The maximum Gasteiger partial charge on any atom is 0.261 e. The number of halogens is 2. The van der Waals surface area contributed by atoms with Crippen molar-refractivity contribution in [3.63, 3.8) is 0 Å². The summed E-state index contributed by atoms with van der Waals surface area (Å²) in [5.74, 6) is 0.219. The molecule has 0 radical (unpaired) electrons. The highest BCUT2D eigenvalue weighted by molar-refractivity contribution is 7.99. The fraction of sp³-hybridized carbons (Fsp3) is 0.600. The molecule has 1 heterocycles. The van der Waals surface area contributed by atoms with Crippen molar-refractivity contribution < 1.29 is 8.78 Å². The van der Waals surface area contributed by atoms with Crippen molar-refractivity contribution in [3.05, 3.63) is 34.1 Å². The van der Waals surface area contributed by atoms with Gasteiger partial charge in [-0.1, -0.05) is 26.7 Å². The highest BCUT2D eigenvalue weighted by Crippen LogP contribution is 2.26. The summed E-state index contributed by atoms with van der Waals surface area (Å²) < 4.78 is 28.6. The highest BCUT2D eigenvalue weighted by Gasteiger charge is 2.19. The van der Waals surface area contributed by atoms with Crippen molar-refractivity contribution in [1.29, 1.82) is 0 Å². The number of alkyl halides is 1. The number of hydrogen-bond acceptors (Lipinski definition) is 5. The van der Waals surface area contributed by atoms with Gasteiger partial charge in [0, 0.05) is 23.5 Å². The van der Waals surface area contributed by atoms with Gasteiger partial charge in [-0.25, -0.2) is 13.8 Å². The molecule has 2 aromatic rings. The molecule has 0 saturated heterocycles. The van der Waals surface area contributed by atoms with Crippen molar-refractivity contribution in [2.45, 2.75) is 62.7 Å². The Hall–Kier alpha value is -1.67. The number of thioether (sulfide) groups is 1. The molecule has 1 aliphatic carbocycles. The number of fused-ring (bicyclic) bond motifs is 1. The van der Waals surface area contributed by atoms with Gasteiger partial charge in [0.15, 0.2) is 0 Å². The lowest BCUT2D eigenvalue weighted by atomic mass is 10.2. The zero-order chi connectivity index (χ0) is 20.1. The Kier molecular flexibility index (Phi) is 7.29. The van der Waals surface area contributed by atoms with E-state index in [0.717, 1.165) is 19.4 Å². The first-order chi connectivity index (χ1) is 13.5. The predicted octanol–water partition coefficient (Wildman–Crippen LogP) is 3.99. The lowest BCUT2D eigenvalue weighted by Crippen LogP contribution is -2.30. The summed E-state index contributed by atoms with van der Waals surface area (Å²) in [4.78, 5) is 19.4. The van der Waals surface area contributed by atoms with Crippen LogP contribution in [0.3, 0.4) is 0 Å². The Labute approximate surface area is 168 Å². The lowest BCUT2D eigenvalue weighted by Gasteiger charge is -2.16. The minimum atomic E-state index is -0.989. The quantitative estimate of drug-likeness (QED) is 0.583. The van der Waals surface area contributed by atoms with Crippen LogP contribution in [0.1, 0.15) is 45.4 Å². The zero-order valence-electron chi connectivity index (χ0n) is 16.4. The van der Waals surface area contributed by atoms with Crippen molar-refractivity contribution in [2.24, 2.45) is 0 Å². The van der Waals surface area contributed by atoms with Gasteiger partial charge in [-0.15, -0.1) is 11.8 Å². The van der Waals surface area contributed by atoms with Gasteiger partial charge >= 0.3 is 0 Å². The van der Waals surface area contributed by atoms with Crippen LogP contribution < -0.4 is 16.2 Å². The molecule has 1 aromatic carbocycles. The van der Waals surface area contributed by atoms with Gasteiger partial charge in [-0.05, 0) is 31.5 Å². The van der Waals surface area contributed by atoms with Gasteiger partial charge in [0.25, 0.3) is 5.56 Å². The van der Waals surface area contributed by atoms with Gasteiger partial charge in [-0.3, -0.25) is 4.79 Å². The van der Waals surface area contributed by atoms with E-state index in [2.05, 4.69) is 20.6 Å². The van der Waals surface area contributed by atoms with Crippen molar-refractivity contribution in [1.82, 2.24) is 15.3 Å². The molecule has 1 saturated carbocycles. The number of aromatic nitrogens is 2. The molecule has 1 fully saturated rings. The summed E-state index contributed by atoms with van der Waals surface area (Å²) in [6.07, 6.45) is 3.50. The fourth-order valence-corrected chi connectivity index (χ4v) is 4.36. The normalized spacial score (nSPS) is 17.1. The molecule has 1 aliphatic rings. The van der Waals surface area contributed by atoms with E-state index >= 15 is 0 Å². The largest absolute Gasteiger partial charge is 0.382 e. The van der Waals surface area contributed by atoms with E-state index in [9.17, 15) is 13.6 Å². The van der Waals surface area contributed by atoms with Crippen LogP contribution >= 0.6 is 11.8 Å². The lowest BCUT2D eigenvalue weighted by molar-refractivity contribution is 0.320. The number of hydrogen-bond donors (Lipinski definition) is 3. The van der Waals surface area contributed by atoms with E-state index in [1.807, 2.05) is 13.8 Å². The first-order valence-electron chi connectivity index (χ1n) is 9.93. The second kappa shape index (κ2) is 9.69. The molecule has 3 N–H and O–H groups in total. The summed E-state index contributed by atoms with van der Waals surface area (Å²) >= 11 is 1.38. The molecule has 1 aromatic heterocycles. The van der Waals surface area contributed by atoms with Gasteiger partial charge in [-0.2, -0.15) is 0 Å². The topological polar surface area (TPSA) is 69.8 Å². The molecule has 0 amide bonds. The minimum Gasteiger partial charge on any atom is -0.382 e. The first kappa shape index (κ1) is 21.0. The summed E-state index contributed by atoms with van der Waals surface area (Å²) in [6.45, 7) is 4.77. The Balaban J connectivity index is 1.75. The third-order valence-electron chi connectivity index (χ3n) is 5.12. The van der Waals surface area contributed by atoms with Crippen molar-refractivity contribution >= 4 is 28.4 Å². The van der Waals surface area contributed by atoms with Crippen LogP contribution in [0.5, 0.6) is 0 Å². The molecule has 28 heavy (non-hydrogen) atoms. The van der Waals surface area contributed by atoms with E-state index in [0.29, 0.717) is 35.4 Å². The molecule has 5 nitrogen and oxygen atoms in total. The second-order valence-electron chi connectivity index (χ2n) is 7.33. The van der Waals surface area contributed by atoms with Crippen LogP contribution in [0, 0.1) is 5.82 Å². The molecule has 8 heteroatoms. The number of anilines is 1. The predicted molar refractivity (Wildman–Crippen MR) is 112 cm³/mol. The molecular formula is C20H28F2N4OS. The SMILES string of the molecule is CCNC[C@@H](F)[C@H](C)SCc1nc2cc(NC3CCCC3)cc(F)c2c(=O)[nH]1. The van der Waals surface area contributed by atoms with Crippen LogP contribution in [0.15, 0.2) is 16.9 Å². The molecular weight excluding hydrogens is 382 g/mol. The standard InChI is InChI=1S/C20H28F2N4OS/c1-3-23-10-16(22)12(2)28-11-18-25-17-9-14(24-13-6-4-5-7-13)8-15(21)19(17)20(27)26-18/h8-9,12-13,16,23-24H,3-7,10-11H2,1-2H3,(H,25,26,27)/t12-,16+/m0/s1. The van der Waals surface area contributed by atoms with Crippen molar-refractivity contribution in [3.8, 4) is 0 Å². The van der Waals surface area contributed by atoms with Crippen molar-refractivity contribution in [2.75, 3.05) is 18.4 Å². The van der Waals surface area contributed by atoms with Gasteiger partial charge in [0.2, 0.25) is 0 Å². The van der Waals surface area contributed by atoms with E-state index in [4.69, 9.17) is 0 Å². The second-order valence-corrected chi connectivity index (χ2v) is 8.70. The Morgan fingerprint density at radius 1 is 1.36 bits per heavy atom. The summed E-state index contributed by atoms with van der Waals surface area (Å²) in [5.41, 5.74) is 0.482. The van der Waals surface area contributed by atoms with Crippen LogP contribution in [-0.2, 0) is 5.75 Å². The Bertz CT molecular complexity index is 854. The van der Waals surface area contributed by atoms with Crippen LogP contribution in [0.2, 0.25) is 0 Å². The average Bonchev–Trinajstić information content (AvgIpc) is 3.16. The smallest absolute Gasteiger partial charge is 0.261 e. The molecule has 2 atom stereocenters. The van der Waals surface area contributed by atoms with E-state index < -0.39 is 17.5 Å². The molecule has 0 bridgehead atoms. The zero-order valence-corrected chi connectivity index (χ0v) is 17.2. The van der Waals surface area contributed by atoms with Crippen LogP contribution in [0.4, 0.5) is 14.5 Å². The van der Waals surface area contributed by atoms with E-state index in [1.165, 1.54) is 30.7 Å². The van der Waals surface area contributed by atoms with Crippen LogP contribution in [-0.4, -0.2) is 40.5 Å². The van der Waals surface area contributed by atoms with E-state index in [1.54, 1.807) is 6.07 Å². The molecule has 0 aliphatic heterocycles. The third-order valence-corrected chi connectivity index (χ3v) is 6.38. The molecule has 3 rings (SSSR count). The Morgan fingerprint density at radius 2 is 2.11 bits per heavy atom. The number of nitrogens with one attached hydrogen (secondary N) is 3. The number of aromatic amines is 1. The summed E-state index contributed by atoms with van der Waals surface area (Å²) in [7, 11) is 0. The molecule has 154 valence electrons. The molecule has 0 spiro atoms. The minimum absolute atomic E-state index is 0.0331. The maximum absolute atomic E-state index is 14.5. The summed E-state index contributed by atoms with van der Waals surface area (Å²) in [6, 6.07) is 3.43. The highest BCUT2D eigenvalue weighted by atomic mass is 32.2. The van der Waals surface area contributed by atoms with Gasteiger partial charge in [0.1, 0.15) is 23.2 Å². The number of nitrogens with zero attached hydrogens (tertiary/aromatic N) is 1. The summed E-state index contributed by atoms with van der Waals surface area (Å²) in [5, 5.41) is 6.06. The van der Waals surface area contributed by atoms with Crippen LogP contribution in [0.25, 0.3) is 10.9 Å². The average molecular weight is 411 g/mol. The maximum atomic E-state index is 14.5. The fourth-order valence-electron chi connectivity index (χ4n) is 3.49. The molecule has 0 unspecified atom stereocenters. The number of H-pyrrole nitrogens is 1. The number of benzene rings is 1. The van der Waals surface area contributed by atoms with Gasteiger partial charge < -0.3 is 15.6 Å².